The number of benzene rings is 2. The summed E-state index contributed by atoms with van der Waals surface area (Å²) in [6.07, 6.45) is 3.61. The molecule has 1 amide bonds. The Labute approximate surface area is 145 Å². The fourth-order valence-corrected chi connectivity index (χ4v) is 3.07. The van der Waals surface area contributed by atoms with Crippen LogP contribution in [0.15, 0.2) is 41.4 Å². The van der Waals surface area contributed by atoms with E-state index in [1.165, 1.54) is 6.21 Å². The molecule has 1 atom stereocenters. The lowest BCUT2D eigenvalue weighted by Gasteiger charge is -2.23. The molecule has 1 heterocycles. The van der Waals surface area contributed by atoms with E-state index in [1.54, 1.807) is 30.3 Å². The van der Waals surface area contributed by atoms with Crippen LogP contribution >= 0.6 is 0 Å². The van der Waals surface area contributed by atoms with Gasteiger partial charge in [-0.25, -0.2) is 4.39 Å². The molecule has 6 heteroatoms. The molecule has 0 aromatic heterocycles. The number of carbonyl (C=O) groups is 1. The fraction of sp³-hybridized carbons (Fsp3) is 0.263. The monoisotopic (exact) mass is 340 g/mol. The standard InChI is InChI=1S/C19H21FN4O/c20-16-9-12(13-4-2-8-23-10-13)6-7-17(16)24-11-14-3-1-5-15(18(14)21)19(22)25/h1,3,5-7,9,11,13,23H,2,4,8,10,21H2,(H2,22,25)/t13-/m1/s1. The van der Waals surface area contributed by atoms with Gasteiger partial charge in [-0.05, 0) is 49.1 Å². The summed E-state index contributed by atoms with van der Waals surface area (Å²) in [5, 5.41) is 3.33. The van der Waals surface area contributed by atoms with Gasteiger partial charge in [-0.1, -0.05) is 18.2 Å². The topological polar surface area (TPSA) is 93.5 Å². The van der Waals surface area contributed by atoms with E-state index in [9.17, 15) is 9.18 Å². The van der Waals surface area contributed by atoms with Crippen LogP contribution in [0.25, 0.3) is 0 Å². The molecule has 130 valence electrons. The number of para-hydroxylation sites is 1. The van der Waals surface area contributed by atoms with Gasteiger partial charge in [0.25, 0.3) is 5.91 Å². The van der Waals surface area contributed by atoms with Crippen LogP contribution in [-0.4, -0.2) is 25.2 Å². The molecule has 25 heavy (non-hydrogen) atoms. The van der Waals surface area contributed by atoms with Crippen LogP contribution in [-0.2, 0) is 0 Å². The van der Waals surface area contributed by atoms with Crippen LogP contribution in [0.3, 0.4) is 0 Å². The number of anilines is 1. The van der Waals surface area contributed by atoms with Gasteiger partial charge in [0.05, 0.1) is 16.9 Å². The zero-order valence-corrected chi connectivity index (χ0v) is 13.8. The van der Waals surface area contributed by atoms with Crippen LogP contribution < -0.4 is 16.8 Å². The largest absolute Gasteiger partial charge is 0.398 e. The van der Waals surface area contributed by atoms with Crippen molar-refractivity contribution in [1.82, 2.24) is 5.32 Å². The fourth-order valence-electron chi connectivity index (χ4n) is 3.07. The van der Waals surface area contributed by atoms with Gasteiger partial charge in [0.2, 0.25) is 0 Å². The van der Waals surface area contributed by atoms with E-state index in [-0.39, 0.29) is 22.8 Å². The summed E-state index contributed by atoms with van der Waals surface area (Å²) in [6, 6.07) is 10.0. The van der Waals surface area contributed by atoms with E-state index in [0.29, 0.717) is 11.5 Å². The number of nitrogens with zero attached hydrogens (tertiary/aromatic N) is 1. The molecule has 1 fully saturated rings. The van der Waals surface area contributed by atoms with E-state index in [0.717, 1.165) is 31.5 Å². The first kappa shape index (κ1) is 17.1. The Morgan fingerprint density at radius 3 is 2.84 bits per heavy atom. The number of carbonyl (C=O) groups excluding carboxylic acids is 1. The SMILES string of the molecule is NC(=O)c1cccc(C=Nc2ccc([C@@H]3CCCNC3)cc2F)c1N. The lowest BCUT2D eigenvalue weighted by molar-refractivity contribution is 0.100. The van der Waals surface area contributed by atoms with Crippen molar-refractivity contribution in [3.8, 4) is 0 Å². The normalized spacial score (nSPS) is 17.7. The maximum absolute atomic E-state index is 14.4. The van der Waals surface area contributed by atoms with Gasteiger partial charge in [0.1, 0.15) is 5.82 Å². The highest BCUT2D eigenvalue weighted by Crippen LogP contribution is 2.27. The van der Waals surface area contributed by atoms with Crippen molar-refractivity contribution in [1.29, 1.82) is 0 Å². The van der Waals surface area contributed by atoms with Crippen LogP contribution in [0, 0.1) is 5.82 Å². The number of nitrogen functional groups attached to an aromatic ring is 1. The number of aliphatic imine (C=N–C) groups is 1. The Morgan fingerprint density at radius 1 is 1.32 bits per heavy atom. The van der Waals surface area contributed by atoms with Gasteiger partial charge < -0.3 is 16.8 Å². The molecule has 0 aliphatic carbocycles. The Morgan fingerprint density at radius 2 is 2.16 bits per heavy atom. The summed E-state index contributed by atoms with van der Waals surface area (Å²) in [4.78, 5) is 15.5. The van der Waals surface area contributed by atoms with Gasteiger partial charge in [-0.3, -0.25) is 9.79 Å². The Hall–Kier alpha value is -2.73. The van der Waals surface area contributed by atoms with Crippen molar-refractivity contribution in [2.75, 3.05) is 18.8 Å². The summed E-state index contributed by atoms with van der Waals surface area (Å²) in [6.45, 7) is 1.89. The van der Waals surface area contributed by atoms with Crippen molar-refractivity contribution >= 4 is 23.5 Å². The number of nitrogens with one attached hydrogen (secondary N) is 1. The highest BCUT2D eigenvalue weighted by Gasteiger charge is 2.16. The molecule has 2 aromatic rings. The molecule has 5 nitrogen and oxygen atoms in total. The van der Waals surface area contributed by atoms with Crippen molar-refractivity contribution in [2.45, 2.75) is 18.8 Å². The molecular weight excluding hydrogens is 319 g/mol. The van der Waals surface area contributed by atoms with Gasteiger partial charge in [0.15, 0.2) is 0 Å². The molecule has 0 spiro atoms. The van der Waals surface area contributed by atoms with E-state index < -0.39 is 5.91 Å². The maximum Gasteiger partial charge on any atom is 0.250 e. The molecule has 0 radical (unpaired) electrons. The third-order valence-electron chi connectivity index (χ3n) is 4.49. The van der Waals surface area contributed by atoms with E-state index in [2.05, 4.69) is 10.3 Å². The Bertz CT molecular complexity index is 813. The van der Waals surface area contributed by atoms with Gasteiger partial charge in [-0.2, -0.15) is 0 Å². The van der Waals surface area contributed by atoms with Crippen molar-refractivity contribution < 1.29 is 9.18 Å². The minimum Gasteiger partial charge on any atom is -0.398 e. The summed E-state index contributed by atoms with van der Waals surface area (Å²) < 4.78 is 14.4. The second-order valence-corrected chi connectivity index (χ2v) is 6.19. The number of piperidine rings is 1. The maximum atomic E-state index is 14.4. The average Bonchev–Trinajstić information content (AvgIpc) is 2.62. The predicted molar refractivity (Wildman–Crippen MR) is 97.9 cm³/mol. The number of primary amides is 1. The summed E-state index contributed by atoms with van der Waals surface area (Å²) in [5.41, 5.74) is 13.4. The molecule has 0 unspecified atom stereocenters. The van der Waals surface area contributed by atoms with Crippen molar-refractivity contribution in [2.24, 2.45) is 10.7 Å². The van der Waals surface area contributed by atoms with Gasteiger partial charge >= 0.3 is 0 Å². The van der Waals surface area contributed by atoms with Crippen LogP contribution in [0.2, 0.25) is 0 Å². The number of hydrogen-bond donors (Lipinski definition) is 3. The molecular formula is C19H21FN4O. The minimum atomic E-state index is -0.607. The number of amides is 1. The molecule has 1 saturated heterocycles. The molecule has 5 N–H and O–H groups in total. The molecule has 1 aliphatic heterocycles. The van der Waals surface area contributed by atoms with Crippen LogP contribution in [0.4, 0.5) is 15.8 Å². The average molecular weight is 340 g/mol. The van der Waals surface area contributed by atoms with Crippen LogP contribution in [0.1, 0.15) is 40.2 Å². The lowest BCUT2D eigenvalue weighted by atomic mass is 9.91. The van der Waals surface area contributed by atoms with E-state index in [4.69, 9.17) is 11.5 Å². The quantitative estimate of drug-likeness (QED) is 0.590. The van der Waals surface area contributed by atoms with Crippen LogP contribution in [0.5, 0.6) is 0 Å². The Balaban J connectivity index is 1.82. The third-order valence-corrected chi connectivity index (χ3v) is 4.49. The first-order valence-corrected chi connectivity index (χ1v) is 8.29. The lowest BCUT2D eigenvalue weighted by Crippen LogP contribution is -2.28. The highest BCUT2D eigenvalue weighted by atomic mass is 19.1. The molecule has 2 aromatic carbocycles. The molecule has 0 bridgehead atoms. The molecule has 1 aliphatic rings. The van der Waals surface area contributed by atoms with E-state index >= 15 is 0 Å². The summed E-state index contributed by atoms with van der Waals surface area (Å²) in [7, 11) is 0. The zero-order valence-electron chi connectivity index (χ0n) is 13.8. The summed E-state index contributed by atoms with van der Waals surface area (Å²) >= 11 is 0. The number of nitrogens with two attached hydrogens (primary N) is 2. The predicted octanol–water partition coefficient (Wildman–Crippen LogP) is 2.72. The highest BCUT2D eigenvalue weighted by molar-refractivity contribution is 6.02. The zero-order chi connectivity index (χ0) is 17.8. The summed E-state index contributed by atoms with van der Waals surface area (Å²) in [5.74, 6) is -0.641. The number of halogens is 1. The molecule has 0 saturated carbocycles. The number of hydrogen-bond acceptors (Lipinski definition) is 4. The number of rotatable bonds is 4. The first-order chi connectivity index (χ1) is 12.1. The van der Waals surface area contributed by atoms with Crippen molar-refractivity contribution in [3.05, 3.63) is 58.9 Å². The third kappa shape index (κ3) is 3.85. The van der Waals surface area contributed by atoms with E-state index in [1.807, 2.05) is 6.07 Å². The first-order valence-electron chi connectivity index (χ1n) is 8.29. The second-order valence-electron chi connectivity index (χ2n) is 6.19. The Kier molecular flexibility index (Phi) is 5.09. The minimum absolute atomic E-state index is 0.226. The second kappa shape index (κ2) is 7.44. The molecule has 3 rings (SSSR count). The van der Waals surface area contributed by atoms with Gasteiger partial charge in [0, 0.05) is 18.3 Å². The smallest absolute Gasteiger partial charge is 0.250 e. The van der Waals surface area contributed by atoms with Crippen molar-refractivity contribution in [3.63, 3.8) is 0 Å². The van der Waals surface area contributed by atoms with Gasteiger partial charge in [-0.15, -0.1) is 0 Å².